The van der Waals surface area contributed by atoms with Crippen LogP contribution in [0.1, 0.15) is 38.2 Å². The molecular weight excluding hydrogens is 520 g/mol. The second kappa shape index (κ2) is 13.1. The fourth-order valence-electron chi connectivity index (χ4n) is 4.56. The lowest BCUT2D eigenvalue weighted by molar-refractivity contribution is 0.122. The SMILES string of the molecule is CCCCN(C(=O)Nc1cccs1)C1CCN(Cc2ccc(Oc3ccc(NS(C)(=O)=O)cc3)cc2)CC1. The van der Waals surface area contributed by atoms with Crippen molar-refractivity contribution in [2.45, 2.75) is 45.2 Å². The molecular formula is C28H36N4O4S2. The second-order valence-corrected chi connectivity index (χ2v) is 12.3. The smallest absolute Gasteiger partial charge is 0.322 e. The summed E-state index contributed by atoms with van der Waals surface area (Å²) in [5.74, 6) is 1.36. The van der Waals surface area contributed by atoms with E-state index in [2.05, 4.69) is 34.0 Å². The van der Waals surface area contributed by atoms with Crippen LogP contribution in [0.4, 0.5) is 15.5 Å². The molecule has 38 heavy (non-hydrogen) atoms. The van der Waals surface area contributed by atoms with Gasteiger partial charge in [-0.05, 0) is 78.7 Å². The van der Waals surface area contributed by atoms with E-state index in [0.717, 1.165) is 68.9 Å². The summed E-state index contributed by atoms with van der Waals surface area (Å²) in [6.07, 6.45) is 5.12. The number of carbonyl (C=O) groups excluding carboxylic acids is 1. The number of hydrogen-bond acceptors (Lipinski definition) is 6. The van der Waals surface area contributed by atoms with E-state index in [0.29, 0.717) is 11.4 Å². The Balaban J connectivity index is 1.26. The van der Waals surface area contributed by atoms with Crippen LogP contribution in [0.5, 0.6) is 11.5 Å². The van der Waals surface area contributed by atoms with E-state index in [1.807, 2.05) is 34.5 Å². The lowest BCUT2D eigenvalue weighted by Gasteiger charge is -2.38. The van der Waals surface area contributed by atoms with Gasteiger partial charge in [-0.1, -0.05) is 25.5 Å². The van der Waals surface area contributed by atoms with E-state index in [4.69, 9.17) is 4.74 Å². The molecule has 1 aromatic heterocycles. The lowest BCUT2D eigenvalue weighted by Crippen LogP contribution is -2.49. The molecule has 2 heterocycles. The highest BCUT2D eigenvalue weighted by Gasteiger charge is 2.28. The number of ether oxygens (including phenoxy) is 1. The van der Waals surface area contributed by atoms with Crippen molar-refractivity contribution in [3.8, 4) is 11.5 Å². The van der Waals surface area contributed by atoms with Crippen molar-refractivity contribution in [3.63, 3.8) is 0 Å². The number of thiophene rings is 1. The van der Waals surface area contributed by atoms with E-state index in [1.165, 1.54) is 5.56 Å². The van der Waals surface area contributed by atoms with Crippen LogP contribution in [-0.4, -0.2) is 56.2 Å². The molecule has 0 atom stereocenters. The molecule has 1 aliphatic heterocycles. The molecule has 0 bridgehead atoms. The number of rotatable bonds is 11. The first-order valence-corrected chi connectivity index (χ1v) is 15.7. The molecule has 0 unspecified atom stereocenters. The van der Waals surface area contributed by atoms with E-state index in [9.17, 15) is 13.2 Å². The third kappa shape index (κ3) is 8.47. The Hall–Kier alpha value is -3.08. The van der Waals surface area contributed by atoms with Gasteiger partial charge in [-0.3, -0.25) is 14.9 Å². The molecule has 10 heteroatoms. The maximum absolute atomic E-state index is 13.0. The van der Waals surface area contributed by atoms with Gasteiger partial charge in [-0.25, -0.2) is 13.2 Å². The lowest BCUT2D eigenvalue weighted by atomic mass is 10.0. The number of benzene rings is 2. The van der Waals surface area contributed by atoms with Crippen LogP contribution in [0.2, 0.25) is 0 Å². The molecule has 0 saturated carbocycles. The van der Waals surface area contributed by atoms with Gasteiger partial charge in [-0.15, -0.1) is 11.3 Å². The molecule has 0 aliphatic carbocycles. The zero-order valence-electron chi connectivity index (χ0n) is 21.9. The molecule has 2 N–H and O–H groups in total. The van der Waals surface area contributed by atoms with Gasteiger partial charge in [0.05, 0.1) is 11.3 Å². The predicted molar refractivity (Wildman–Crippen MR) is 155 cm³/mol. The average Bonchev–Trinajstić information content (AvgIpc) is 3.40. The van der Waals surface area contributed by atoms with Crippen molar-refractivity contribution >= 4 is 38.1 Å². The molecule has 2 aromatic carbocycles. The van der Waals surface area contributed by atoms with Crippen molar-refractivity contribution in [2.75, 3.05) is 35.9 Å². The summed E-state index contributed by atoms with van der Waals surface area (Å²) in [7, 11) is -3.31. The Labute approximate surface area is 229 Å². The summed E-state index contributed by atoms with van der Waals surface area (Å²) in [6.45, 7) is 5.70. The summed E-state index contributed by atoms with van der Waals surface area (Å²) in [6, 6.07) is 19.0. The van der Waals surface area contributed by atoms with E-state index in [1.54, 1.807) is 35.6 Å². The number of piperidine rings is 1. The monoisotopic (exact) mass is 556 g/mol. The zero-order valence-corrected chi connectivity index (χ0v) is 23.6. The van der Waals surface area contributed by atoms with Crippen molar-refractivity contribution in [1.82, 2.24) is 9.80 Å². The average molecular weight is 557 g/mol. The molecule has 2 amide bonds. The van der Waals surface area contributed by atoms with Crippen molar-refractivity contribution < 1.29 is 17.9 Å². The van der Waals surface area contributed by atoms with Crippen LogP contribution in [-0.2, 0) is 16.6 Å². The number of unbranched alkanes of at least 4 members (excludes halogenated alkanes) is 1. The molecule has 1 aliphatic rings. The number of hydrogen-bond donors (Lipinski definition) is 2. The highest BCUT2D eigenvalue weighted by atomic mass is 32.2. The number of carbonyl (C=O) groups is 1. The molecule has 204 valence electrons. The standard InChI is InChI=1S/C28H36N4O4S2/c1-3-4-17-32(28(33)29-27-6-5-20-37-27)24-15-18-31(19-16-24)21-22-7-11-25(12-8-22)36-26-13-9-23(10-14-26)30-38(2,34)35/h5-14,20,24,30H,3-4,15-19,21H2,1-2H3,(H,29,33). The number of amides is 2. The molecule has 0 radical (unpaired) electrons. The van der Waals surface area contributed by atoms with Crippen LogP contribution >= 0.6 is 11.3 Å². The number of anilines is 2. The minimum atomic E-state index is -3.31. The third-order valence-electron chi connectivity index (χ3n) is 6.49. The first-order chi connectivity index (χ1) is 18.3. The van der Waals surface area contributed by atoms with Gasteiger partial charge in [0.25, 0.3) is 0 Å². The third-order valence-corrected chi connectivity index (χ3v) is 7.88. The highest BCUT2D eigenvalue weighted by Crippen LogP contribution is 2.25. The maximum Gasteiger partial charge on any atom is 0.322 e. The normalized spacial score (nSPS) is 14.7. The molecule has 1 fully saturated rings. The van der Waals surface area contributed by atoms with Gasteiger partial charge in [0.2, 0.25) is 10.0 Å². The first-order valence-electron chi connectivity index (χ1n) is 13.0. The maximum atomic E-state index is 13.0. The van der Waals surface area contributed by atoms with E-state index >= 15 is 0 Å². The van der Waals surface area contributed by atoms with Gasteiger partial charge in [-0.2, -0.15) is 0 Å². The zero-order chi connectivity index (χ0) is 27.0. The quantitative estimate of drug-likeness (QED) is 0.293. The van der Waals surface area contributed by atoms with Gasteiger partial charge in [0.15, 0.2) is 0 Å². The minimum absolute atomic E-state index is 0.0104. The van der Waals surface area contributed by atoms with Crippen LogP contribution < -0.4 is 14.8 Å². The predicted octanol–water partition coefficient (Wildman–Crippen LogP) is 6.21. The van der Waals surface area contributed by atoms with Crippen LogP contribution in [0, 0.1) is 0 Å². The van der Waals surface area contributed by atoms with Crippen molar-refractivity contribution in [2.24, 2.45) is 0 Å². The molecule has 3 aromatic rings. The van der Waals surface area contributed by atoms with Gasteiger partial charge in [0.1, 0.15) is 11.5 Å². The summed E-state index contributed by atoms with van der Waals surface area (Å²) in [5, 5.41) is 5.93. The number of nitrogens with one attached hydrogen (secondary N) is 2. The molecule has 0 spiro atoms. The van der Waals surface area contributed by atoms with Gasteiger partial charge in [0, 0.05) is 37.9 Å². The van der Waals surface area contributed by atoms with Crippen LogP contribution in [0.25, 0.3) is 0 Å². The Morgan fingerprint density at radius 1 is 1.05 bits per heavy atom. The number of urea groups is 1. The molecule has 1 saturated heterocycles. The fraction of sp³-hybridized carbons (Fsp3) is 0.393. The van der Waals surface area contributed by atoms with Gasteiger partial charge < -0.3 is 9.64 Å². The summed E-state index contributed by atoms with van der Waals surface area (Å²) < 4.78 is 31.1. The number of sulfonamides is 1. The fourth-order valence-corrected chi connectivity index (χ4v) is 5.73. The largest absolute Gasteiger partial charge is 0.457 e. The molecule has 4 rings (SSSR count). The highest BCUT2D eigenvalue weighted by molar-refractivity contribution is 7.92. The Morgan fingerprint density at radius 3 is 2.29 bits per heavy atom. The van der Waals surface area contributed by atoms with Crippen molar-refractivity contribution in [3.05, 3.63) is 71.6 Å². The van der Waals surface area contributed by atoms with Gasteiger partial charge >= 0.3 is 6.03 Å². The Morgan fingerprint density at radius 2 is 1.71 bits per heavy atom. The number of nitrogens with zero attached hydrogens (tertiary/aromatic N) is 2. The topological polar surface area (TPSA) is 91.0 Å². The molecule has 8 nitrogen and oxygen atoms in total. The van der Waals surface area contributed by atoms with Crippen LogP contribution in [0.15, 0.2) is 66.0 Å². The Kier molecular flexibility index (Phi) is 9.65. The van der Waals surface area contributed by atoms with E-state index < -0.39 is 10.0 Å². The Bertz CT molecular complexity index is 1260. The summed E-state index contributed by atoms with van der Waals surface area (Å²) >= 11 is 1.55. The number of likely N-dealkylation sites (tertiary alicyclic amines) is 1. The summed E-state index contributed by atoms with van der Waals surface area (Å²) in [5.41, 5.74) is 1.71. The second-order valence-electron chi connectivity index (χ2n) is 9.61. The van der Waals surface area contributed by atoms with Crippen LogP contribution in [0.3, 0.4) is 0 Å². The van der Waals surface area contributed by atoms with E-state index in [-0.39, 0.29) is 12.1 Å². The first kappa shape index (κ1) is 27.9. The minimum Gasteiger partial charge on any atom is -0.457 e. The van der Waals surface area contributed by atoms with Crippen molar-refractivity contribution in [1.29, 1.82) is 0 Å². The summed E-state index contributed by atoms with van der Waals surface area (Å²) in [4.78, 5) is 17.5.